The van der Waals surface area contributed by atoms with Crippen LogP contribution in [-0.4, -0.2) is 37.5 Å². The lowest BCUT2D eigenvalue weighted by Crippen LogP contribution is -2.28. The molecule has 1 aliphatic rings. The molecule has 1 saturated carbocycles. The van der Waals surface area contributed by atoms with E-state index >= 15 is 0 Å². The largest absolute Gasteiger partial charge is 0.393 e. The smallest absolute Gasteiger partial charge is 0.143 e. The van der Waals surface area contributed by atoms with E-state index in [4.69, 9.17) is 0 Å². The molecule has 106 valence electrons. The van der Waals surface area contributed by atoms with Crippen LogP contribution >= 0.6 is 0 Å². The standard InChI is InChI=1S/C14H19N5O/c1-10-8-12(16-11-2-5-13(20)6-3-11)4-7-14(10)19-9-15-17-18-19/h4,7-9,11,13,16,20H,2-3,5-6H2,1H3. The van der Waals surface area contributed by atoms with Gasteiger partial charge in [0.05, 0.1) is 11.8 Å². The Balaban J connectivity index is 1.71. The molecule has 0 unspecified atom stereocenters. The van der Waals surface area contributed by atoms with Crippen molar-refractivity contribution in [2.75, 3.05) is 5.32 Å². The maximum Gasteiger partial charge on any atom is 0.143 e. The number of anilines is 1. The number of benzene rings is 1. The van der Waals surface area contributed by atoms with E-state index in [0.717, 1.165) is 42.6 Å². The molecule has 2 N–H and O–H groups in total. The highest BCUT2D eigenvalue weighted by molar-refractivity contribution is 5.53. The number of tetrazole rings is 1. The van der Waals surface area contributed by atoms with Crippen molar-refractivity contribution in [2.24, 2.45) is 0 Å². The van der Waals surface area contributed by atoms with E-state index in [-0.39, 0.29) is 6.10 Å². The van der Waals surface area contributed by atoms with Gasteiger partial charge in [0.15, 0.2) is 0 Å². The summed E-state index contributed by atoms with van der Waals surface area (Å²) in [6, 6.07) is 6.64. The second-order valence-corrected chi connectivity index (χ2v) is 5.41. The van der Waals surface area contributed by atoms with Crippen LogP contribution < -0.4 is 5.32 Å². The molecule has 20 heavy (non-hydrogen) atoms. The minimum atomic E-state index is -0.114. The van der Waals surface area contributed by atoms with Gasteiger partial charge in [-0.25, -0.2) is 4.68 Å². The zero-order valence-corrected chi connectivity index (χ0v) is 11.5. The molecule has 1 aliphatic carbocycles. The number of aromatic nitrogens is 4. The molecule has 0 bridgehead atoms. The fourth-order valence-electron chi connectivity index (χ4n) is 2.73. The normalized spacial score (nSPS) is 22.7. The molecule has 1 aromatic carbocycles. The summed E-state index contributed by atoms with van der Waals surface area (Å²) in [4.78, 5) is 0. The third-order valence-electron chi connectivity index (χ3n) is 3.86. The molecular formula is C14H19N5O. The number of hydrogen-bond donors (Lipinski definition) is 2. The fourth-order valence-corrected chi connectivity index (χ4v) is 2.73. The van der Waals surface area contributed by atoms with Gasteiger partial charge >= 0.3 is 0 Å². The Morgan fingerprint density at radius 1 is 1.25 bits per heavy atom. The molecule has 1 aromatic heterocycles. The van der Waals surface area contributed by atoms with Crippen LogP contribution in [0.2, 0.25) is 0 Å². The van der Waals surface area contributed by atoms with Crippen molar-refractivity contribution in [3.8, 4) is 5.69 Å². The fraction of sp³-hybridized carbons (Fsp3) is 0.500. The van der Waals surface area contributed by atoms with Crippen molar-refractivity contribution in [3.63, 3.8) is 0 Å². The molecule has 0 saturated heterocycles. The van der Waals surface area contributed by atoms with Gasteiger partial charge in [0, 0.05) is 11.7 Å². The lowest BCUT2D eigenvalue weighted by Gasteiger charge is -2.27. The average Bonchev–Trinajstić information content (AvgIpc) is 2.95. The van der Waals surface area contributed by atoms with Gasteiger partial charge in [-0.2, -0.15) is 0 Å². The van der Waals surface area contributed by atoms with Gasteiger partial charge in [0.25, 0.3) is 0 Å². The van der Waals surface area contributed by atoms with Crippen LogP contribution in [0, 0.1) is 6.92 Å². The van der Waals surface area contributed by atoms with Gasteiger partial charge in [-0.15, -0.1) is 5.10 Å². The van der Waals surface area contributed by atoms with Crippen LogP contribution in [0.1, 0.15) is 31.2 Å². The average molecular weight is 273 g/mol. The van der Waals surface area contributed by atoms with E-state index in [1.165, 1.54) is 0 Å². The predicted molar refractivity (Wildman–Crippen MR) is 75.8 cm³/mol. The first-order valence-electron chi connectivity index (χ1n) is 7.01. The van der Waals surface area contributed by atoms with Gasteiger partial charge in [-0.3, -0.25) is 0 Å². The van der Waals surface area contributed by atoms with Crippen molar-refractivity contribution in [1.29, 1.82) is 0 Å². The molecule has 0 spiro atoms. The van der Waals surface area contributed by atoms with E-state index < -0.39 is 0 Å². The molecule has 0 amide bonds. The second-order valence-electron chi connectivity index (χ2n) is 5.41. The third kappa shape index (κ3) is 2.80. The monoisotopic (exact) mass is 273 g/mol. The summed E-state index contributed by atoms with van der Waals surface area (Å²) in [6.07, 6.45) is 5.30. The molecule has 1 fully saturated rings. The van der Waals surface area contributed by atoms with Crippen molar-refractivity contribution in [3.05, 3.63) is 30.1 Å². The summed E-state index contributed by atoms with van der Waals surface area (Å²) in [5, 5.41) is 24.3. The van der Waals surface area contributed by atoms with E-state index in [1.807, 2.05) is 13.0 Å². The summed E-state index contributed by atoms with van der Waals surface area (Å²) in [5.41, 5.74) is 3.22. The number of nitrogens with zero attached hydrogens (tertiary/aromatic N) is 4. The van der Waals surface area contributed by atoms with E-state index in [1.54, 1.807) is 11.0 Å². The Kier molecular flexibility index (Phi) is 3.64. The van der Waals surface area contributed by atoms with E-state index in [9.17, 15) is 5.11 Å². The van der Waals surface area contributed by atoms with Gasteiger partial charge < -0.3 is 10.4 Å². The SMILES string of the molecule is Cc1cc(NC2CCC(O)CC2)ccc1-n1cnnn1. The summed E-state index contributed by atoms with van der Waals surface area (Å²) in [5.74, 6) is 0. The quantitative estimate of drug-likeness (QED) is 0.890. The van der Waals surface area contributed by atoms with Gasteiger partial charge in [0.2, 0.25) is 0 Å². The van der Waals surface area contributed by atoms with Crippen LogP contribution in [0.25, 0.3) is 5.69 Å². The van der Waals surface area contributed by atoms with Gasteiger partial charge in [-0.1, -0.05) is 0 Å². The van der Waals surface area contributed by atoms with Crippen LogP contribution in [0.15, 0.2) is 24.5 Å². The number of rotatable bonds is 3. The van der Waals surface area contributed by atoms with Gasteiger partial charge in [-0.05, 0) is 66.8 Å². The lowest BCUT2D eigenvalue weighted by molar-refractivity contribution is 0.126. The minimum absolute atomic E-state index is 0.114. The summed E-state index contributed by atoms with van der Waals surface area (Å²) < 4.78 is 1.66. The molecule has 6 nitrogen and oxygen atoms in total. The number of aliphatic hydroxyl groups excluding tert-OH is 1. The third-order valence-corrected chi connectivity index (χ3v) is 3.86. The summed E-state index contributed by atoms with van der Waals surface area (Å²) in [6.45, 7) is 2.05. The topological polar surface area (TPSA) is 75.9 Å². The lowest BCUT2D eigenvalue weighted by atomic mass is 9.93. The van der Waals surface area contributed by atoms with Gasteiger partial charge in [0.1, 0.15) is 6.33 Å². The Morgan fingerprint density at radius 2 is 2.05 bits per heavy atom. The first-order chi connectivity index (χ1) is 9.72. The van der Waals surface area contributed by atoms with E-state index in [0.29, 0.717) is 6.04 Å². The minimum Gasteiger partial charge on any atom is -0.393 e. The molecule has 6 heteroatoms. The van der Waals surface area contributed by atoms with Crippen LogP contribution in [0.5, 0.6) is 0 Å². The van der Waals surface area contributed by atoms with Crippen molar-refractivity contribution in [1.82, 2.24) is 20.2 Å². The number of aryl methyl sites for hydroxylation is 1. The van der Waals surface area contributed by atoms with E-state index in [2.05, 4.69) is 33.0 Å². The molecule has 0 radical (unpaired) electrons. The molecule has 0 aliphatic heterocycles. The molecule has 0 atom stereocenters. The summed E-state index contributed by atoms with van der Waals surface area (Å²) in [7, 11) is 0. The molecule has 1 heterocycles. The first-order valence-corrected chi connectivity index (χ1v) is 7.01. The van der Waals surface area contributed by atoms with Crippen molar-refractivity contribution < 1.29 is 5.11 Å². The van der Waals surface area contributed by atoms with Crippen LogP contribution in [0.4, 0.5) is 5.69 Å². The zero-order chi connectivity index (χ0) is 13.9. The second kappa shape index (κ2) is 5.58. The molecule has 3 rings (SSSR count). The van der Waals surface area contributed by atoms with Crippen LogP contribution in [0.3, 0.4) is 0 Å². The maximum absolute atomic E-state index is 9.53. The highest BCUT2D eigenvalue weighted by Crippen LogP contribution is 2.24. The van der Waals surface area contributed by atoms with Crippen LogP contribution in [-0.2, 0) is 0 Å². The maximum atomic E-state index is 9.53. The highest BCUT2D eigenvalue weighted by atomic mass is 16.3. The summed E-state index contributed by atoms with van der Waals surface area (Å²) >= 11 is 0. The number of hydrogen-bond acceptors (Lipinski definition) is 5. The predicted octanol–water partition coefficient (Wildman–Crippen LogP) is 1.69. The molecular weight excluding hydrogens is 254 g/mol. The number of nitrogens with one attached hydrogen (secondary N) is 1. The van der Waals surface area contributed by atoms with Crippen molar-refractivity contribution in [2.45, 2.75) is 44.8 Å². The van der Waals surface area contributed by atoms with Crippen molar-refractivity contribution >= 4 is 5.69 Å². The zero-order valence-electron chi connectivity index (χ0n) is 11.5. The Morgan fingerprint density at radius 3 is 2.70 bits per heavy atom. The Hall–Kier alpha value is -1.95. The Labute approximate surface area is 117 Å². The Bertz CT molecular complexity index is 561. The number of aliphatic hydroxyl groups is 1. The molecule has 2 aromatic rings. The highest BCUT2D eigenvalue weighted by Gasteiger charge is 2.19. The first kappa shape index (κ1) is 13.1.